The molecule has 0 saturated heterocycles. The Balaban J connectivity index is 1.50. The van der Waals surface area contributed by atoms with Gasteiger partial charge in [0.1, 0.15) is 12.3 Å². The molecule has 1 radical (unpaired) electrons. The molecule has 1 aromatic heterocycles. The Bertz CT molecular complexity index is 545. The summed E-state index contributed by atoms with van der Waals surface area (Å²) in [6.07, 6.45) is 1.63. The first-order chi connectivity index (χ1) is 9.93. The van der Waals surface area contributed by atoms with Crippen molar-refractivity contribution in [2.45, 2.75) is 6.61 Å². The van der Waals surface area contributed by atoms with Crippen LogP contribution in [0.15, 0.2) is 42.6 Å². The number of aromatic nitrogens is 1. The molecule has 0 N–H and O–H groups in total. The van der Waals surface area contributed by atoms with Crippen molar-refractivity contribution in [1.29, 1.82) is 0 Å². The van der Waals surface area contributed by atoms with Gasteiger partial charge in [-0.15, -0.1) is 0 Å². The third kappa shape index (κ3) is 3.08. The summed E-state index contributed by atoms with van der Waals surface area (Å²) in [5.74, 6) is 0.693. The van der Waals surface area contributed by atoms with E-state index in [0.29, 0.717) is 25.7 Å². The Morgan fingerprint density at radius 3 is 3.10 bits per heavy atom. The number of fused-ring (bicyclic) bond motifs is 1. The van der Waals surface area contributed by atoms with Gasteiger partial charge in [0.15, 0.2) is 0 Å². The number of ether oxygens (including phenoxy) is 2. The van der Waals surface area contributed by atoms with Crippen molar-refractivity contribution in [3.63, 3.8) is 0 Å². The lowest BCUT2D eigenvalue weighted by Gasteiger charge is -2.29. The molecular formula is C16H17N2O2. The second-order valence-corrected chi connectivity index (χ2v) is 4.63. The standard InChI is InChI=1S/C16H17N2O2/c1-2-5-14(6-3-1)13-19-11-9-18-10-12-20-16-15(18)7-4-8-17-16/h1-3,5-8H,9-13H2. The number of benzene rings is 1. The van der Waals surface area contributed by atoms with Gasteiger partial charge in [0.25, 0.3) is 0 Å². The summed E-state index contributed by atoms with van der Waals surface area (Å²) < 4.78 is 11.2. The van der Waals surface area contributed by atoms with Crippen LogP contribution in [0.4, 0.5) is 5.69 Å². The van der Waals surface area contributed by atoms with Crippen molar-refractivity contribution < 1.29 is 9.47 Å². The molecule has 20 heavy (non-hydrogen) atoms. The molecule has 0 fully saturated rings. The van der Waals surface area contributed by atoms with Crippen molar-refractivity contribution in [2.75, 3.05) is 31.2 Å². The van der Waals surface area contributed by atoms with Crippen molar-refractivity contribution in [3.05, 3.63) is 54.2 Å². The van der Waals surface area contributed by atoms with Gasteiger partial charge in [-0.1, -0.05) is 30.3 Å². The third-order valence-corrected chi connectivity index (χ3v) is 3.25. The summed E-state index contributed by atoms with van der Waals surface area (Å²) in [5, 5.41) is 0. The molecule has 1 aliphatic heterocycles. The molecule has 2 aromatic rings. The van der Waals surface area contributed by atoms with Crippen molar-refractivity contribution in [2.24, 2.45) is 0 Å². The van der Waals surface area contributed by atoms with Gasteiger partial charge in [-0.05, 0) is 11.6 Å². The highest BCUT2D eigenvalue weighted by molar-refractivity contribution is 5.55. The van der Waals surface area contributed by atoms with E-state index in [4.69, 9.17) is 9.47 Å². The molecule has 1 aromatic carbocycles. The van der Waals surface area contributed by atoms with E-state index in [0.717, 1.165) is 18.8 Å². The van der Waals surface area contributed by atoms with E-state index in [1.807, 2.05) is 24.3 Å². The van der Waals surface area contributed by atoms with Crippen LogP contribution in [0.2, 0.25) is 0 Å². The summed E-state index contributed by atoms with van der Waals surface area (Å²) in [5.41, 5.74) is 2.20. The van der Waals surface area contributed by atoms with Gasteiger partial charge in [-0.2, -0.15) is 0 Å². The number of hydrogen-bond acceptors (Lipinski definition) is 4. The molecule has 0 unspecified atom stereocenters. The van der Waals surface area contributed by atoms with E-state index in [1.54, 1.807) is 6.20 Å². The summed E-state index contributed by atoms with van der Waals surface area (Å²) >= 11 is 0. The highest BCUT2D eigenvalue weighted by atomic mass is 16.5. The minimum Gasteiger partial charge on any atom is -0.474 e. The Hall–Kier alpha value is -2.07. The summed E-state index contributed by atoms with van der Waals surface area (Å²) in [6, 6.07) is 15.1. The number of rotatable bonds is 5. The molecule has 1 aliphatic rings. The summed E-state index contributed by atoms with van der Waals surface area (Å²) in [7, 11) is 0. The molecule has 4 heteroatoms. The van der Waals surface area contributed by atoms with E-state index >= 15 is 0 Å². The van der Waals surface area contributed by atoms with E-state index in [1.165, 1.54) is 5.56 Å². The minimum absolute atomic E-state index is 0.650. The minimum atomic E-state index is 0.650. The van der Waals surface area contributed by atoms with Crippen LogP contribution in [0.5, 0.6) is 5.88 Å². The number of hydrogen-bond donors (Lipinski definition) is 0. The maximum Gasteiger partial charge on any atom is 0.237 e. The van der Waals surface area contributed by atoms with Crippen LogP contribution >= 0.6 is 0 Å². The van der Waals surface area contributed by atoms with Crippen LogP contribution in [0, 0.1) is 6.07 Å². The van der Waals surface area contributed by atoms with Crippen LogP contribution < -0.4 is 9.64 Å². The fraction of sp³-hybridized carbons (Fsp3) is 0.312. The predicted octanol–water partition coefficient (Wildman–Crippen LogP) is 2.30. The first-order valence-electron chi connectivity index (χ1n) is 6.79. The molecule has 103 valence electrons. The highest BCUT2D eigenvalue weighted by Crippen LogP contribution is 2.27. The Labute approximate surface area is 119 Å². The third-order valence-electron chi connectivity index (χ3n) is 3.25. The first kappa shape index (κ1) is 12.9. The van der Waals surface area contributed by atoms with Crippen LogP contribution in [-0.2, 0) is 11.3 Å². The van der Waals surface area contributed by atoms with Crippen molar-refractivity contribution in [3.8, 4) is 5.88 Å². The van der Waals surface area contributed by atoms with Gasteiger partial charge >= 0.3 is 0 Å². The van der Waals surface area contributed by atoms with Gasteiger partial charge < -0.3 is 14.4 Å². The zero-order valence-electron chi connectivity index (χ0n) is 11.3. The van der Waals surface area contributed by atoms with Gasteiger partial charge in [0.2, 0.25) is 5.88 Å². The Kier molecular flexibility index (Phi) is 4.13. The summed E-state index contributed by atoms with van der Waals surface area (Å²) in [6.45, 7) is 3.70. The van der Waals surface area contributed by atoms with E-state index in [9.17, 15) is 0 Å². The topological polar surface area (TPSA) is 34.6 Å². The van der Waals surface area contributed by atoms with E-state index in [2.05, 4.69) is 28.1 Å². The number of anilines is 1. The average Bonchev–Trinajstić information content (AvgIpc) is 2.53. The Morgan fingerprint density at radius 1 is 1.30 bits per heavy atom. The molecule has 0 saturated carbocycles. The fourth-order valence-electron chi connectivity index (χ4n) is 2.22. The lowest BCUT2D eigenvalue weighted by Crippen LogP contribution is -2.35. The zero-order valence-corrected chi connectivity index (χ0v) is 11.3. The monoisotopic (exact) mass is 269 g/mol. The molecular weight excluding hydrogens is 252 g/mol. The molecule has 0 atom stereocenters. The lowest BCUT2D eigenvalue weighted by atomic mass is 10.2. The van der Waals surface area contributed by atoms with Gasteiger partial charge in [0.05, 0.1) is 19.8 Å². The lowest BCUT2D eigenvalue weighted by molar-refractivity contribution is 0.125. The fourth-order valence-corrected chi connectivity index (χ4v) is 2.22. The normalized spacial score (nSPS) is 13.7. The van der Waals surface area contributed by atoms with Crippen LogP contribution in [0.25, 0.3) is 0 Å². The van der Waals surface area contributed by atoms with E-state index < -0.39 is 0 Å². The van der Waals surface area contributed by atoms with Crippen LogP contribution in [0.1, 0.15) is 5.56 Å². The first-order valence-corrected chi connectivity index (χ1v) is 6.79. The van der Waals surface area contributed by atoms with Gasteiger partial charge in [-0.25, -0.2) is 4.98 Å². The second-order valence-electron chi connectivity index (χ2n) is 4.63. The average molecular weight is 269 g/mol. The van der Waals surface area contributed by atoms with E-state index in [-0.39, 0.29) is 0 Å². The second kappa shape index (κ2) is 6.39. The van der Waals surface area contributed by atoms with Crippen molar-refractivity contribution >= 4 is 5.69 Å². The van der Waals surface area contributed by atoms with Crippen LogP contribution in [-0.4, -0.2) is 31.3 Å². The molecule has 0 spiro atoms. The molecule has 2 heterocycles. The quantitative estimate of drug-likeness (QED) is 0.780. The smallest absolute Gasteiger partial charge is 0.237 e. The molecule has 0 bridgehead atoms. The van der Waals surface area contributed by atoms with Crippen molar-refractivity contribution in [1.82, 2.24) is 4.98 Å². The number of pyridine rings is 1. The molecule has 0 amide bonds. The Morgan fingerprint density at radius 2 is 2.20 bits per heavy atom. The molecule has 0 aliphatic carbocycles. The maximum absolute atomic E-state index is 5.72. The summed E-state index contributed by atoms with van der Waals surface area (Å²) in [4.78, 5) is 6.41. The molecule has 3 rings (SSSR count). The number of nitrogens with zero attached hydrogens (tertiary/aromatic N) is 2. The SMILES string of the molecule is [c]1cnc2c(c1)N(CCOCc1ccccc1)CCO2. The zero-order chi connectivity index (χ0) is 13.6. The molecule has 4 nitrogen and oxygen atoms in total. The predicted molar refractivity (Wildman–Crippen MR) is 76.9 cm³/mol. The maximum atomic E-state index is 5.72. The highest BCUT2D eigenvalue weighted by Gasteiger charge is 2.18. The van der Waals surface area contributed by atoms with Crippen LogP contribution in [0.3, 0.4) is 0 Å². The largest absolute Gasteiger partial charge is 0.474 e. The van der Waals surface area contributed by atoms with Gasteiger partial charge in [-0.3, -0.25) is 0 Å². The van der Waals surface area contributed by atoms with Gasteiger partial charge in [0, 0.05) is 18.8 Å².